The average Bonchev–Trinajstić information content (AvgIpc) is 1.60. The Morgan fingerprint density at radius 3 is 1.11 bits per heavy atom. The molecule has 5 aromatic rings. The van der Waals surface area contributed by atoms with Gasteiger partial charge in [0.15, 0.2) is 0 Å². The minimum absolute atomic E-state index is 0.0406. The van der Waals surface area contributed by atoms with Crippen molar-refractivity contribution in [2.75, 3.05) is 44.4 Å². The number of aromatic nitrogens is 1. The lowest BCUT2D eigenvalue weighted by Gasteiger charge is -2.29. The Labute approximate surface area is 663 Å². The standard InChI is InChI=1S/C75H105N17O19S2/c1-41(78)63(98)80-36-60(97)81-58(39-112)72(107)83-50(27-15-17-29-76)64(99)88-56(37-93)70(105)85-53(32-45-21-9-5-10-22-45)66(101)84-52(31-44-19-7-4-8-20-44)67(102)86-55(34-47-35-79-49-26-14-13-25-48(47)49)68(103)82-51(28-16-18-30-77)65(100)91-61(42(2)95)73(108)87-54(33-46-23-11-6-12-24-46)69(104)92-62(43(3)96)74(109)89-57(38-94)71(106)90-59(40-113)75(110)111/h4-14,19-26,35,41-43,50-59,61-62,79,93-96,112-113H,15-18,27-34,36-40,76-78H2,1-3H3,(H,80,98)(H,81,97)(H,82,103)(H,83,107)(H,84,101)(H,85,105)(H,86,102)(H,87,108)(H,88,99)(H,89,109)(H,90,106)(H,91,100)(H,92,104)(H,110,111)/t41-,42+,43+,50-,51-,52-,53-,54-,55-,56-,57-,58-,59-,61-,62-/m0/s1. The van der Waals surface area contributed by atoms with Crippen molar-refractivity contribution >= 4 is 119 Å². The van der Waals surface area contributed by atoms with E-state index in [-0.39, 0.29) is 76.0 Å². The Hall–Kier alpha value is -10.6. The number of nitrogens with two attached hydrogens (primary N) is 3. The first-order valence-electron chi connectivity index (χ1n) is 36.7. The van der Waals surface area contributed by atoms with Crippen LogP contribution in [-0.2, 0) is 92.8 Å². The molecule has 0 aliphatic heterocycles. The first-order valence-corrected chi connectivity index (χ1v) is 38.0. The van der Waals surface area contributed by atoms with Crippen LogP contribution in [0.3, 0.4) is 0 Å². The molecule has 0 saturated carbocycles. The number of hydrogen-bond acceptors (Lipinski definition) is 23. The van der Waals surface area contributed by atoms with Crippen molar-refractivity contribution in [3.05, 3.63) is 144 Å². The summed E-state index contributed by atoms with van der Waals surface area (Å²) in [6, 6.07) is 11.3. The predicted molar refractivity (Wildman–Crippen MR) is 421 cm³/mol. The van der Waals surface area contributed by atoms with E-state index >= 15 is 14.4 Å². The van der Waals surface area contributed by atoms with Gasteiger partial charge in [0.05, 0.1) is 38.0 Å². The summed E-state index contributed by atoms with van der Waals surface area (Å²) in [7, 11) is 0. The molecule has 4 aromatic carbocycles. The molecule has 1 heterocycles. The molecule has 13 amide bonds. The summed E-state index contributed by atoms with van der Waals surface area (Å²) in [4.78, 5) is 198. The maximum atomic E-state index is 15.3. The Balaban J connectivity index is 1.45. The van der Waals surface area contributed by atoms with Gasteiger partial charge in [-0.25, -0.2) is 4.79 Å². The Morgan fingerprint density at radius 2 is 0.717 bits per heavy atom. The summed E-state index contributed by atoms with van der Waals surface area (Å²) in [5, 5.41) is 85.0. The van der Waals surface area contributed by atoms with Crippen LogP contribution in [0.4, 0.5) is 0 Å². The van der Waals surface area contributed by atoms with Crippen LogP contribution in [0.5, 0.6) is 0 Å². The average molecular weight is 1610 g/mol. The van der Waals surface area contributed by atoms with E-state index in [4.69, 9.17) is 17.2 Å². The van der Waals surface area contributed by atoms with Crippen LogP contribution in [0, 0.1) is 0 Å². The van der Waals surface area contributed by atoms with Gasteiger partial charge in [0.1, 0.15) is 72.5 Å². The fraction of sp³-hybridized carbons (Fsp3) is 0.467. The highest BCUT2D eigenvalue weighted by Crippen LogP contribution is 2.21. The minimum Gasteiger partial charge on any atom is -0.480 e. The molecule has 1 aromatic heterocycles. The third kappa shape index (κ3) is 30.8. The van der Waals surface area contributed by atoms with Crippen molar-refractivity contribution < 1.29 is 92.7 Å². The molecule has 0 saturated heterocycles. The number of aliphatic hydroxyl groups excluding tert-OH is 4. The molecule has 0 aliphatic rings. The molecule has 113 heavy (non-hydrogen) atoms. The first kappa shape index (κ1) is 93.0. The maximum Gasteiger partial charge on any atom is 0.327 e. The molecular weight excluding hydrogens is 1510 g/mol. The number of carboxylic acids is 1. The van der Waals surface area contributed by atoms with Crippen molar-refractivity contribution in [3.63, 3.8) is 0 Å². The second-order valence-electron chi connectivity index (χ2n) is 26.9. The molecule has 616 valence electrons. The lowest BCUT2D eigenvalue weighted by atomic mass is 10.00. The highest BCUT2D eigenvalue weighted by Gasteiger charge is 2.39. The van der Waals surface area contributed by atoms with E-state index in [0.29, 0.717) is 46.0 Å². The highest BCUT2D eigenvalue weighted by atomic mass is 32.1. The Bertz CT molecular complexity index is 3980. The number of amides is 13. The number of para-hydroxylation sites is 1. The maximum absolute atomic E-state index is 15.3. The fourth-order valence-corrected chi connectivity index (χ4v) is 12.0. The second kappa shape index (κ2) is 48.4. The number of H-pyrrole nitrogens is 1. The summed E-state index contributed by atoms with van der Waals surface area (Å²) in [6.45, 7) is 1.36. The van der Waals surface area contributed by atoms with Crippen LogP contribution in [0.1, 0.15) is 81.5 Å². The van der Waals surface area contributed by atoms with E-state index in [2.05, 4.69) is 99.4 Å². The third-order valence-electron chi connectivity index (χ3n) is 17.9. The Kier molecular flexibility index (Phi) is 39.8. The first-order chi connectivity index (χ1) is 53.9. The molecule has 25 N–H and O–H groups in total. The molecule has 0 unspecified atom stereocenters. The van der Waals surface area contributed by atoms with Gasteiger partial charge in [-0.1, -0.05) is 109 Å². The zero-order chi connectivity index (χ0) is 83.3. The number of carbonyl (C=O) groups excluding carboxylic acids is 13. The van der Waals surface area contributed by atoms with Gasteiger partial charge in [-0.3, -0.25) is 62.3 Å². The number of aromatic amines is 1. The van der Waals surface area contributed by atoms with Gasteiger partial charge in [0, 0.05) is 54.3 Å². The summed E-state index contributed by atoms with van der Waals surface area (Å²) in [5.41, 5.74) is 19.8. The smallest absolute Gasteiger partial charge is 0.327 e. The van der Waals surface area contributed by atoms with Crippen LogP contribution in [0.25, 0.3) is 10.9 Å². The number of benzene rings is 4. The van der Waals surface area contributed by atoms with E-state index in [0.717, 1.165) is 13.8 Å². The summed E-state index contributed by atoms with van der Waals surface area (Å²) < 4.78 is 0. The van der Waals surface area contributed by atoms with Crippen molar-refractivity contribution in [1.29, 1.82) is 0 Å². The zero-order valence-corrected chi connectivity index (χ0v) is 64.6. The zero-order valence-electron chi connectivity index (χ0n) is 62.8. The van der Waals surface area contributed by atoms with Crippen LogP contribution in [-0.4, -0.2) is 248 Å². The van der Waals surface area contributed by atoms with Crippen molar-refractivity contribution in [2.45, 2.75) is 176 Å². The van der Waals surface area contributed by atoms with Gasteiger partial charge in [0.25, 0.3) is 0 Å². The molecular formula is C75H105N17O19S2. The summed E-state index contributed by atoms with van der Waals surface area (Å²) in [6.07, 6.45) is -1.92. The molecule has 5 rings (SSSR count). The van der Waals surface area contributed by atoms with E-state index in [1.54, 1.807) is 121 Å². The van der Waals surface area contributed by atoms with E-state index in [1.807, 2.05) is 0 Å². The molecule has 0 fully saturated rings. The number of rotatable bonds is 49. The monoisotopic (exact) mass is 1610 g/mol. The number of carbonyl (C=O) groups is 14. The number of nitrogens with one attached hydrogen (secondary N) is 14. The van der Waals surface area contributed by atoms with Gasteiger partial charge >= 0.3 is 5.97 Å². The van der Waals surface area contributed by atoms with Gasteiger partial charge in [-0.15, -0.1) is 0 Å². The number of aliphatic carboxylic acids is 1. The van der Waals surface area contributed by atoms with Crippen LogP contribution >= 0.6 is 25.3 Å². The SMILES string of the molecule is C[C@H](N)C(=O)NCC(=O)N[C@@H](CS)C(=O)N[C@@H](CCCCN)C(=O)N[C@@H](CO)C(=O)N[C@@H](Cc1ccccc1)C(=O)N[C@@H](Cc1ccccc1)C(=O)N[C@@H](Cc1c[nH]c2ccccc12)C(=O)N[C@@H](CCCCN)C(=O)N[C@H](C(=O)N[C@@H](Cc1ccccc1)C(=O)N[C@H](C(=O)N[C@@H](CO)C(=O)N[C@@H](CS)C(=O)O)[C@@H](C)O)[C@@H](C)O. The minimum atomic E-state index is -1.90. The van der Waals surface area contributed by atoms with Crippen LogP contribution in [0.15, 0.2) is 121 Å². The Morgan fingerprint density at radius 1 is 0.389 bits per heavy atom. The molecule has 0 radical (unpaired) electrons. The van der Waals surface area contributed by atoms with Crippen molar-refractivity contribution in [3.8, 4) is 0 Å². The van der Waals surface area contributed by atoms with E-state index in [1.165, 1.54) is 6.92 Å². The van der Waals surface area contributed by atoms with E-state index < -0.39 is 193 Å². The number of unbranched alkanes of at least 4 members (excludes halogenated alkanes) is 2. The quantitative estimate of drug-likeness (QED) is 0.0128. The summed E-state index contributed by atoms with van der Waals surface area (Å²) in [5.74, 6) is -15.0. The van der Waals surface area contributed by atoms with Gasteiger partial charge in [-0.2, -0.15) is 25.3 Å². The number of carboxylic acid groups (broad SMARTS) is 1. The molecule has 0 aliphatic carbocycles. The molecule has 0 spiro atoms. The largest absolute Gasteiger partial charge is 0.480 e. The summed E-state index contributed by atoms with van der Waals surface area (Å²) >= 11 is 8.08. The van der Waals surface area contributed by atoms with Gasteiger partial charge in [-0.05, 0) is 101 Å². The number of aliphatic hydroxyl groups is 4. The normalized spacial score (nSPS) is 15.2. The second-order valence-corrected chi connectivity index (χ2v) is 27.6. The lowest BCUT2D eigenvalue weighted by Crippen LogP contribution is -2.63. The van der Waals surface area contributed by atoms with Gasteiger partial charge in [0.2, 0.25) is 76.8 Å². The highest BCUT2D eigenvalue weighted by molar-refractivity contribution is 7.80. The number of thiol groups is 2. The molecule has 0 bridgehead atoms. The van der Waals surface area contributed by atoms with Crippen molar-refractivity contribution in [1.82, 2.24) is 74.1 Å². The molecule has 15 atom stereocenters. The molecule has 36 nitrogen and oxygen atoms in total. The van der Waals surface area contributed by atoms with E-state index in [9.17, 15) is 78.3 Å². The number of fused-ring (bicyclic) bond motifs is 1. The van der Waals surface area contributed by atoms with Crippen LogP contribution in [0.2, 0.25) is 0 Å². The predicted octanol–water partition coefficient (Wildman–Crippen LogP) is -5.33. The number of hydrogen-bond donors (Lipinski definition) is 24. The van der Waals surface area contributed by atoms with Crippen molar-refractivity contribution in [2.24, 2.45) is 17.2 Å². The third-order valence-corrected chi connectivity index (χ3v) is 18.6. The fourth-order valence-electron chi connectivity index (χ4n) is 11.5. The van der Waals surface area contributed by atoms with Crippen LogP contribution < -0.4 is 86.3 Å². The lowest BCUT2D eigenvalue weighted by molar-refractivity contribution is -0.142. The topological polar surface area (TPSA) is 590 Å². The molecule has 38 heteroatoms. The van der Waals surface area contributed by atoms with Gasteiger partial charge < -0.3 is 117 Å².